The van der Waals surface area contributed by atoms with Gasteiger partial charge < -0.3 is 15.3 Å². The van der Waals surface area contributed by atoms with Gasteiger partial charge in [0.2, 0.25) is 5.91 Å². The zero-order valence-corrected chi connectivity index (χ0v) is 16.4. The Kier molecular flexibility index (Phi) is 15.4. The van der Waals surface area contributed by atoms with Crippen LogP contribution in [0, 0.1) is 0 Å². The van der Waals surface area contributed by atoms with Gasteiger partial charge in [-0.25, -0.2) is 0 Å². The van der Waals surface area contributed by atoms with Crippen molar-refractivity contribution in [1.29, 1.82) is 0 Å². The van der Waals surface area contributed by atoms with Gasteiger partial charge in [-0.2, -0.15) is 0 Å². The van der Waals surface area contributed by atoms with Crippen molar-refractivity contribution in [2.24, 2.45) is 0 Å². The number of hydrogen-bond donors (Lipinski definition) is 2. The number of nitrogens with zero attached hydrogens (tertiary/aromatic N) is 1. The molecular weight excluding hydrogens is 497 g/mol. The summed E-state index contributed by atoms with van der Waals surface area (Å²) in [5.41, 5.74) is 0. The monoisotopic (exact) mass is 517 g/mol. The minimum absolute atomic E-state index is 0.00664. The minimum atomic E-state index is -0.930. The Morgan fingerprint density at radius 3 is 2.05 bits per heavy atom. The van der Waals surface area contributed by atoms with E-state index in [0.717, 1.165) is 0 Å². The number of nitrogens with one attached hydrogen (secondary N) is 1. The van der Waals surface area contributed by atoms with Crippen molar-refractivity contribution in [3.63, 3.8) is 0 Å². The van der Waals surface area contributed by atoms with Crippen LogP contribution in [0.2, 0.25) is 0 Å². The van der Waals surface area contributed by atoms with Gasteiger partial charge >= 0.3 is 9.06 Å². The predicted octanol–water partition coefficient (Wildman–Crippen LogP) is 2.82. The zero-order valence-electron chi connectivity index (χ0n) is 11.2. The Morgan fingerprint density at radius 2 is 1.68 bits per heavy atom. The molecule has 9 heteroatoms. The smallest absolute Gasteiger partial charge is 0.470 e. The third kappa shape index (κ3) is 23.9. The summed E-state index contributed by atoms with van der Waals surface area (Å²) in [5, 5.41) is 11.2. The van der Waals surface area contributed by atoms with E-state index < -0.39 is 9.06 Å². The van der Waals surface area contributed by atoms with Crippen LogP contribution >= 0.6 is 47.2 Å². The molecular formula is C10H20I2N2O4P+. The second kappa shape index (κ2) is 13.4. The second-order valence-electron chi connectivity index (χ2n) is 4.12. The summed E-state index contributed by atoms with van der Waals surface area (Å²) in [6, 6.07) is 0.154. The fourth-order valence-corrected chi connectivity index (χ4v) is 1.08. The summed E-state index contributed by atoms with van der Waals surface area (Å²) in [6.45, 7) is 4.88. The largest absolute Gasteiger partial charge is 0.481 e. The Balaban J connectivity index is 0. The highest BCUT2D eigenvalue weighted by Gasteiger charge is 2.06. The fourth-order valence-electron chi connectivity index (χ4n) is 1.08. The van der Waals surface area contributed by atoms with Crippen molar-refractivity contribution >= 4 is 59.0 Å². The van der Waals surface area contributed by atoms with Gasteiger partial charge in [-0.05, 0) is 20.9 Å². The average Bonchev–Trinajstić information content (AvgIpc) is 2.21. The minimum Gasteiger partial charge on any atom is -0.481 e. The summed E-state index contributed by atoms with van der Waals surface area (Å²) in [4.78, 5) is 23.4. The molecule has 0 aliphatic carbocycles. The number of carboxylic acids is 1. The number of hydrogen-bond acceptors (Lipinski definition) is 4. The van der Waals surface area contributed by atoms with Crippen LogP contribution in [0.25, 0.3) is 0 Å². The van der Waals surface area contributed by atoms with Crippen molar-refractivity contribution in [1.82, 2.24) is 10.2 Å². The number of amides is 1. The Hall–Kier alpha value is 0.460. The molecule has 0 atom stereocenters. The average molecular weight is 517 g/mol. The van der Waals surface area contributed by atoms with E-state index in [9.17, 15) is 14.2 Å². The lowest BCUT2D eigenvalue weighted by atomic mass is 10.3. The predicted molar refractivity (Wildman–Crippen MR) is 93.3 cm³/mol. The lowest BCUT2D eigenvalue weighted by molar-refractivity contribution is -0.137. The topological polar surface area (TPSA) is 86.7 Å². The van der Waals surface area contributed by atoms with E-state index in [1.165, 1.54) is 0 Å². The van der Waals surface area contributed by atoms with Gasteiger partial charge in [0.25, 0.3) is 44.1 Å². The van der Waals surface area contributed by atoms with Crippen molar-refractivity contribution in [2.75, 3.05) is 20.1 Å². The maximum absolute atomic E-state index is 11.2. The lowest BCUT2D eigenvalue weighted by Crippen LogP contribution is -2.33. The van der Waals surface area contributed by atoms with Crippen LogP contribution < -0.4 is 5.32 Å². The molecule has 112 valence electrons. The van der Waals surface area contributed by atoms with Gasteiger partial charge in [-0.3, -0.25) is 9.59 Å². The van der Waals surface area contributed by atoms with Crippen molar-refractivity contribution < 1.29 is 19.3 Å². The standard InChI is InChI=1S/C10H20N2O3.I2OP/c1-8(2)11-9(13)4-6-12(3)7-5-10(14)15;1-4(2)3/h8H,4-7H2,1-3H3,(H,11,13)(H,14,15);/q;+1. The molecule has 1 amide bonds. The molecule has 6 nitrogen and oxygen atoms in total. The number of rotatable bonds is 7. The molecule has 19 heavy (non-hydrogen) atoms. The quantitative estimate of drug-likeness (QED) is 0.401. The number of aliphatic carboxylic acids is 1. The van der Waals surface area contributed by atoms with Crippen LogP contribution in [-0.4, -0.2) is 48.1 Å². The molecule has 0 aromatic rings. The summed E-state index contributed by atoms with van der Waals surface area (Å²) in [6.07, 6.45) is 0.524. The highest BCUT2D eigenvalue weighted by molar-refractivity contribution is 14.3. The number of carboxylic acid groups (broad SMARTS) is 1. The van der Waals surface area contributed by atoms with Crippen LogP contribution in [0.3, 0.4) is 0 Å². The van der Waals surface area contributed by atoms with E-state index in [4.69, 9.17) is 5.11 Å². The Bertz CT molecular complexity index is 299. The second-order valence-corrected chi connectivity index (χ2v) is 15.3. The fraction of sp³-hybridized carbons (Fsp3) is 0.800. The first kappa shape index (κ1) is 21.8. The van der Waals surface area contributed by atoms with E-state index in [-0.39, 0.29) is 18.4 Å². The van der Waals surface area contributed by atoms with Crippen LogP contribution in [0.4, 0.5) is 0 Å². The third-order valence-corrected chi connectivity index (χ3v) is 1.88. The Labute approximate surface area is 140 Å². The first-order chi connectivity index (χ1) is 8.65. The first-order valence-electron chi connectivity index (χ1n) is 5.63. The zero-order chi connectivity index (χ0) is 15.4. The van der Waals surface area contributed by atoms with Crippen molar-refractivity contribution in [3.8, 4) is 0 Å². The molecule has 0 unspecified atom stereocenters. The van der Waals surface area contributed by atoms with Crippen LogP contribution in [0.1, 0.15) is 26.7 Å². The third-order valence-electron chi connectivity index (χ3n) is 1.88. The highest BCUT2D eigenvalue weighted by atomic mass is 127. The van der Waals surface area contributed by atoms with Gasteiger partial charge in [0, 0.05) is 25.6 Å². The molecule has 0 aliphatic rings. The van der Waals surface area contributed by atoms with Gasteiger partial charge in [-0.1, -0.05) is 4.57 Å². The number of halogens is 2. The van der Waals surface area contributed by atoms with E-state index >= 15 is 0 Å². The summed E-state index contributed by atoms with van der Waals surface area (Å²) >= 11 is 3.68. The molecule has 2 N–H and O–H groups in total. The van der Waals surface area contributed by atoms with Gasteiger partial charge in [-0.15, -0.1) is 0 Å². The van der Waals surface area contributed by atoms with Crippen LogP contribution in [0.15, 0.2) is 0 Å². The molecule has 0 aliphatic heterocycles. The molecule has 0 fully saturated rings. The Morgan fingerprint density at radius 1 is 1.26 bits per heavy atom. The number of carbonyl (C=O) groups excluding carboxylic acids is 1. The highest BCUT2D eigenvalue weighted by Crippen LogP contribution is 2.39. The molecule has 0 saturated heterocycles. The summed E-state index contributed by atoms with van der Waals surface area (Å²) in [7, 11) is 1.81. The lowest BCUT2D eigenvalue weighted by Gasteiger charge is -2.15. The first-order valence-corrected chi connectivity index (χ1v) is 12.5. The molecule has 0 radical (unpaired) electrons. The number of carbonyl (C=O) groups is 2. The normalized spacial score (nSPS) is 9.84. The summed E-state index contributed by atoms with van der Waals surface area (Å²) in [5.74, 6) is -0.805. The van der Waals surface area contributed by atoms with Gasteiger partial charge in [0.05, 0.1) is 6.42 Å². The SMILES string of the molecule is CC(C)NC(=O)CCN(C)CCC(=O)O.O=[P+](I)I. The molecule has 0 spiro atoms. The van der Waals surface area contributed by atoms with Gasteiger partial charge in [0.1, 0.15) is 0 Å². The molecule has 0 aromatic heterocycles. The van der Waals surface area contributed by atoms with Crippen molar-refractivity contribution in [3.05, 3.63) is 0 Å². The van der Waals surface area contributed by atoms with E-state index in [1.54, 1.807) is 0 Å². The molecule has 0 heterocycles. The van der Waals surface area contributed by atoms with Crippen molar-refractivity contribution in [2.45, 2.75) is 32.7 Å². The molecule has 0 rings (SSSR count). The van der Waals surface area contributed by atoms with E-state index in [1.807, 2.05) is 69.9 Å². The van der Waals surface area contributed by atoms with E-state index in [2.05, 4.69) is 5.32 Å². The van der Waals surface area contributed by atoms with E-state index in [0.29, 0.717) is 19.5 Å². The molecule has 0 aromatic carbocycles. The molecule has 0 bridgehead atoms. The van der Waals surface area contributed by atoms with Gasteiger partial charge in [0.15, 0.2) is 0 Å². The van der Waals surface area contributed by atoms with Crippen LogP contribution in [0.5, 0.6) is 0 Å². The molecule has 0 saturated carbocycles. The maximum atomic E-state index is 11.2. The maximum Gasteiger partial charge on any atom is 0.470 e. The van der Waals surface area contributed by atoms with Crippen LogP contribution in [-0.2, 0) is 14.2 Å². The summed E-state index contributed by atoms with van der Waals surface area (Å²) < 4.78 is 8.64.